The molecular formula is C27H21BrCl2N2O2. The average Bonchev–Trinajstić information content (AvgIpc) is 2.86. The van der Waals surface area contributed by atoms with Crippen molar-refractivity contribution < 1.29 is 9.47 Å². The zero-order chi connectivity index (χ0) is 23.9. The number of hydrogen-bond acceptors (Lipinski definition) is 4. The fourth-order valence-electron chi connectivity index (χ4n) is 3.26. The first kappa shape index (κ1) is 24.1. The zero-order valence-electron chi connectivity index (χ0n) is 18.3. The van der Waals surface area contributed by atoms with Crippen molar-refractivity contribution in [3.8, 4) is 11.5 Å². The van der Waals surface area contributed by atoms with Crippen LogP contribution in [0, 0.1) is 0 Å². The number of halogens is 3. The molecule has 34 heavy (non-hydrogen) atoms. The van der Waals surface area contributed by atoms with Crippen LogP contribution in [-0.2, 0) is 6.61 Å². The second kappa shape index (κ2) is 11.4. The maximum absolute atomic E-state index is 6.27. The number of nitrogens with zero attached hydrogens (tertiary/aromatic N) is 2. The van der Waals surface area contributed by atoms with Gasteiger partial charge < -0.3 is 9.47 Å². The van der Waals surface area contributed by atoms with Gasteiger partial charge in [0.2, 0.25) is 0 Å². The summed E-state index contributed by atoms with van der Waals surface area (Å²) in [5.74, 6) is 1.17. The number of ether oxygens (including phenoxy) is 2. The number of benzene rings is 4. The summed E-state index contributed by atoms with van der Waals surface area (Å²) >= 11 is 15.9. The third kappa shape index (κ3) is 5.92. The summed E-state index contributed by atoms with van der Waals surface area (Å²) in [4.78, 5) is 0. The summed E-state index contributed by atoms with van der Waals surface area (Å²) in [7, 11) is 1.60. The highest BCUT2D eigenvalue weighted by Crippen LogP contribution is 2.34. The topological polar surface area (TPSA) is 34.1 Å². The van der Waals surface area contributed by atoms with Crippen molar-refractivity contribution in [2.45, 2.75) is 6.61 Å². The van der Waals surface area contributed by atoms with Crippen LogP contribution < -0.4 is 14.5 Å². The second-order valence-electron chi connectivity index (χ2n) is 7.28. The van der Waals surface area contributed by atoms with Gasteiger partial charge in [0.05, 0.1) is 24.7 Å². The first-order valence-electron chi connectivity index (χ1n) is 10.4. The van der Waals surface area contributed by atoms with Gasteiger partial charge in [0, 0.05) is 25.6 Å². The Morgan fingerprint density at radius 1 is 0.853 bits per heavy atom. The van der Waals surface area contributed by atoms with Crippen LogP contribution >= 0.6 is 39.1 Å². The van der Waals surface area contributed by atoms with E-state index in [1.807, 2.05) is 83.9 Å². The highest BCUT2D eigenvalue weighted by atomic mass is 79.9. The number of anilines is 2. The molecule has 0 spiro atoms. The minimum Gasteiger partial charge on any atom is -0.493 e. The van der Waals surface area contributed by atoms with Crippen LogP contribution in [-0.4, -0.2) is 13.3 Å². The van der Waals surface area contributed by atoms with Crippen LogP contribution in [0.1, 0.15) is 11.1 Å². The van der Waals surface area contributed by atoms with Crippen LogP contribution in [0.15, 0.2) is 101 Å². The largest absolute Gasteiger partial charge is 0.493 e. The lowest BCUT2D eigenvalue weighted by Crippen LogP contribution is -2.09. The van der Waals surface area contributed by atoms with Crippen LogP contribution in [0.4, 0.5) is 11.4 Å². The van der Waals surface area contributed by atoms with E-state index in [1.165, 1.54) is 0 Å². The smallest absolute Gasteiger partial charge is 0.162 e. The van der Waals surface area contributed by atoms with E-state index < -0.39 is 0 Å². The Labute approximate surface area is 217 Å². The Hall–Kier alpha value is -2.99. The number of hydrogen-bond donors (Lipinski definition) is 0. The highest BCUT2D eigenvalue weighted by Gasteiger charge is 2.12. The molecule has 0 heterocycles. The van der Waals surface area contributed by atoms with Gasteiger partial charge >= 0.3 is 0 Å². The normalized spacial score (nSPS) is 10.9. The summed E-state index contributed by atoms with van der Waals surface area (Å²) in [5, 5.41) is 7.78. The van der Waals surface area contributed by atoms with Crippen molar-refractivity contribution in [1.82, 2.24) is 0 Å². The van der Waals surface area contributed by atoms with Gasteiger partial charge in [-0.3, -0.25) is 0 Å². The van der Waals surface area contributed by atoms with Gasteiger partial charge in [-0.25, -0.2) is 5.01 Å². The van der Waals surface area contributed by atoms with E-state index in [2.05, 4.69) is 15.9 Å². The van der Waals surface area contributed by atoms with E-state index in [0.717, 1.165) is 27.0 Å². The molecule has 0 saturated carbocycles. The van der Waals surface area contributed by atoms with Gasteiger partial charge in [-0.15, -0.1) is 0 Å². The molecule has 172 valence electrons. The molecule has 0 fully saturated rings. The van der Waals surface area contributed by atoms with Gasteiger partial charge in [-0.1, -0.05) is 65.7 Å². The Bertz CT molecular complexity index is 1250. The second-order valence-corrected chi connectivity index (χ2v) is 8.97. The molecule has 0 aromatic heterocycles. The minimum absolute atomic E-state index is 0.280. The monoisotopic (exact) mass is 554 g/mol. The molecule has 7 heteroatoms. The molecule has 0 aliphatic heterocycles. The molecule has 4 rings (SSSR count). The molecule has 0 saturated heterocycles. The predicted molar refractivity (Wildman–Crippen MR) is 144 cm³/mol. The van der Waals surface area contributed by atoms with E-state index in [0.29, 0.717) is 21.5 Å². The SMILES string of the molecule is COc1cc(C=NN(c2ccccc2)c2ccccc2)c(Br)cc1OCc1ccc(Cl)cc1Cl. The summed E-state index contributed by atoms with van der Waals surface area (Å²) in [5.41, 5.74) is 3.57. The van der Waals surface area contributed by atoms with Gasteiger partial charge in [-0.05, 0) is 64.5 Å². The highest BCUT2D eigenvalue weighted by molar-refractivity contribution is 9.10. The van der Waals surface area contributed by atoms with E-state index in [9.17, 15) is 0 Å². The third-order valence-corrected chi connectivity index (χ3v) is 6.27. The van der Waals surface area contributed by atoms with Crippen molar-refractivity contribution in [1.29, 1.82) is 0 Å². The third-order valence-electron chi connectivity index (χ3n) is 5.00. The molecule has 0 bridgehead atoms. The first-order valence-corrected chi connectivity index (χ1v) is 12.0. The predicted octanol–water partition coefficient (Wildman–Crippen LogP) is 8.52. The van der Waals surface area contributed by atoms with Crippen LogP contribution in [0.25, 0.3) is 0 Å². The molecule has 0 aliphatic rings. The molecule has 0 aliphatic carbocycles. The average molecular weight is 556 g/mol. The standard InChI is InChI=1S/C27H21BrCl2N2O2/c1-33-26-14-20(24(28)16-27(26)34-18-19-12-13-21(29)15-25(19)30)17-31-32(22-8-4-2-5-9-22)23-10-6-3-7-11-23/h2-17H,18H2,1H3. The van der Waals surface area contributed by atoms with Crippen molar-refractivity contribution in [3.63, 3.8) is 0 Å². The van der Waals surface area contributed by atoms with Crippen LogP contribution in [0.3, 0.4) is 0 Å². The molecule has 4 nitrogen and oxygen atoms in total. The van der Waals surface area contributed by atoms with E-state index in [-0.39, 0.29) is 6.61 Å². The minimum atomic E-state index is 0.280. The van der Waals surface area contributed by atoms with Gasteiger partial charge in [-0.2, -0.15) is 5.10 Å². The van der Waals surface area contributed by atoms with E-state index >= 15 is 0 Å². The Balaban J connectivity index is 1.60. The van der Waals surface area contributed by atoms with Crippen molar-refractivity contribution in [2.24, 2.45) is 5.10 Å². The Morgan fingerprint density at radius 2 is 1.50 bits per heavy atom. The summed E-state index contributed by atoms with van der Waals surface area (Å²) in [6, 6.07) is 29.0. The van der Waals surface area contributed by atoms with Crippen LogP contribution in [0.2, 0.25) is 10.0 Å². The molecule has 4 aromatic carbocycles. The fraction of sp³-hybridized carbons (Fsp3) is 0.0741. The fourth-order valence-corrected chi connectivity index (χ4v) is 4.14. The van der Waals surface area contributed by atoms with E-state index in [1.54, 1.807) is 25.5 Å². The quantitative estimate of drug-likeness (QED) is 0.161. The molecule has 0 unspecified atom stereocenters. The molecular weight excluding hydrogens is 535 g/mol. The van der Waals surface area contributed by atoms with Gasteiger partial charge in [0.25, 0.3) is 0 Å². The lowest BCUT2D eigenvalue weighted by molar-refractivity contribution is 0.284. The number of rotatable bonds is 8. The maximum atomic E-state index is 6.27. The van der Waals surface area contributed by atoms with Crippen molar-refractivity contribution >= 4 is 56.7 Å². The van der Waals surface area contributed by atoms with Crippen molar-refractivity contribution in [3.05, 3.63) is 117 Å². The lowest BCUT2D eigenvalue weighted by atomic mass is 10.2. The van der Waals surface area contributed by atoms with Crippen molar-refractivity contribution in [2.75, 3.05) is 12.1 Å². The molecule has 0 atom stereocenters. The molecule has 0 amide bonds. The van der Waals surface area contributed by atoms with E-state index in [4.69, 9.17) is 37.8 Å². The Kier molecular flexibility index (Phi) is 8.12. The molecule has 0 radical (unpaired) electrons. The van der Waals surface area contributed by atoms with Crippen LogP contribution in [0.5, 0.6) is 11.5 Å². The number of para-hydroxylation sites is 2. The Morgan fingerprint density at radius 3 is 2.09 bits per heavy atom. The summed E-state index contributed by atoms with van der Waals surface area (Å²) < 4.78 is 12.4. The first-order chi connectivity index (χ1) is 16.5. The summed E-state index contributed by atoms with van der Waals surface area (Å²) in [6.45, 7) is 0.280. The van der Waals surface area contributed by atoms with Gasteiger partial charge in [0.15, 0.2) is 11.5 Å². The zero-order valence-corrected chi connectivity index (χ0v) is 21.4. The number of hydrazone groups is 1. The molecule has 4 aromatic rings. The lowest BCUT2D eigenvalue weighted by Gasteiger charge is -2.19. The van der Waals surface area contributed by atoms with Gasteiger partial charge in [0.1, 0.15) is 6.61 Å². The maximum Gasteiger partial charge on any atom is 0.162 e. The molecule has 0 N–H and O–H groups in total. The summed E-state index contributed by atoms with van der Waals surface area (Å²) in [6.07, 6.45) is 1.78. The number of methoxy groups -OCH3 is 1.